The molecule has 0 atom stereocenters. The number of nitrogens with one attached hydrogen (secondary N) is 1. The Labute approximate surface area is 168 Å². The average molecular weight is 394 g/mol. The fourth-order valence-electron chi connectivity index (χ4n) is 4.72. The van der Waals surface area contributed by atoms with Gasteiger partial charge in [-0.05, 0) is 68.4 Å². The largest absolute Gasteiger partial charge is 0.489 e. The number of benzene rings is 1. The molecule has 3 heterocycles. The number of rotatable bonds is 3. The van der Waals surface area contributed by atoms with E-state index in [-0.39, 0.29) is 17.6 Å². The summed E-state index contributed by atoms with van der Waals surface area (Å²) >= 11 is 0. The number of aromatic carboxylic acids is 1. The monoisotopic (exact) mass is 394 g/mol. The van der Waals surface area contributed by atoms with Crippen molar-refractivity contribution in [2.24, 2.45) is 0 Å². The van der Waals surface area contributed by atoms with Gasteiger partial charge in [0.2, 0.25) is 11.8 Å². The maximum Gasteiger partial charge on any atom is 0.335 e. The first-order valence-corrected chi connectivity index (χ1v) is 10.0. The molecule has 1 aliphatic carbocycles. The van der Waals surface area contributed by atoms with Crippen LogP contribution in [0.2, 0.25) is 0 Å². The lowest BCUT2D eigenvalue weighted by Gasteiger charge is -2.35. The number of hydrogen-bond donors (Lipinski definition) is 2. The minimum atomic E-state index is -0.983. The van der Waals surface area contributed by atoms with E-state index in [9.17, 15) is 14.7 Å². The van der Waals surface area contributed by atoms with Crippen molar-refractivity contribution in [3.05, 3.63) is 47.2 Å². The van der Waals surface area contributed by atoms with Crippen LogP contribution in [-0.4, -0.2) is 34.7 Å². The molecule has 7 heteroatoms. The van der Waals surface area contributed by atoms with Gasteiger partial charge in [-0.15, -0.1) is 0 Å². The lowest BCUT2D eigenvalue weighted by atomic mass is 9.69. The van der Waals surface area contributed by atoms with E-state index in [0.29, 0.717) is 25.3 Å². The highest BCUT2D eigenvalue weighted by Crippen LogP contribution is 2.48. The van der Waals surface area contributed by atoms with Crippen molar-refractivity contribution in [3.8, 4) is 11.6 Å². The van der Waals surface area contributed by atoms with Crippen molar-refractivity contribution < 1.29 is 24.2 Å². The molecule has 0 saturated heterocycles. The maximum atomic E-state index is 12.8. The zero-order chi connectivity index (χ0) is 20.0. The summed E-state index contributed by atoms with van der Waals surface area (Å²) in [7, 11) is 0. The smallest absolute Gasteiger partial charge is 0.335 e. The number of ether oxygens (including phenoxy) is 2. The van der Waals surface area contributed by atoms with Gasteiger partial charge in [0.15, 0.2) is 0 Å². The number of aromatic nitrogens is 1. The Hall–Kier alpha value is -3.09. The number of carboxylic acids is 1. The van der Waals surface area contributed by atoms with Crippen molar-refractivity contribution in [3.63, 3.8) is 0 Å². The molecule has 3 aliphatic rings. The van der Waals surface area contributed by atoms with Crippen LogP contribution in [0, 0.1) is 0 Å². The molecule has 7 nitrogen and oxygen atoms in total. The van der Waals surface area contributed by atoms with Gasteiger partial charge >= 0.3 is 5.97 Å². The molecule has 5 rings (SSSR count). The van der Waals surface area contributed by atoms with E-state index in [1.807, 2.05) is 6.07 Å². The number of hydrogen-bond acceptors (Lipinski definition) is 5. The first-order valence-electron chi connectivity index (χ1n) is 10.0. The van der Waals surface area contributed by atoms with E-state index in [1.165, 1.54) is 6.07 Å². The number of carbonyl (C=O) groups excluding carboxylic acids is 1. The van der Waals surface area contributed by atoms with Crippen molar-refractivity contribution in [1.82, 2.24) is 4.98 Å². The summed E-state index contributed by atoms with van der Waals surface area (Å²) in [4.78, 5) is 28.5. The SMILES string of the molecule is O=C(O)c1ccc2c(c1)[C@]1(CC[C@@H](Oc3cnc4c(c3)CCCO4)CC1)C(=O)N2. The molecule has 1 spiro atoms. The van der Waals surface area contributed by atoms with Gasteiger partial charge < -0.3 is 19.9 Å². The van der Waals surface area contributed by atoms with Crippen molar-refractivity contribution in [2.75, 3.05) is 11.9 Å². The predicted molar refractivity (Wildman–Crippen MR) is 105 cm³/mol. The molecule has 0 unspecified atom stereocenters. The van der Waals surface area contributed by atoms with Gasteiger partial charge in [-0.1, -0.05) is 0 Å². The van der Waals surface area contributed by atoms with E-state index in [0.717, 1.165) is 48.2 Å². The summed E-state index contributed by atoms with van der Waals surface area (Å²) in [6, 6.07) is 6.86. The molecule has 150 valence electrons. The molecule has 1 aromatic heterocycles. The highest BCUT2D eigenvalue weighted by Gasteiger charge is 2.49. The number of fused-ring (bicyclic) bond motifs is 3. The lowest BCUT2D eigenvalue weighted by molar-refractivity contribution is -0.122. The third kappa shape index (κ3) is 3.01. The van der Waals surface area contributed by atoms with Crippen LogP contribution in [0.1, 0.15) is 53.6 Å². The third-order valence-electron chi connectivity index (χ3n) is 6.28. The molecular formula is C22H22N2O5. The van der Waals surface area contributed by atoms with Crippen LogP contribution >= 0.6 is 0 Å². The Balaban J connectivity index is 1.32. The number of pyridine rings is 1. The second-order valence-electron chi connectivity index (χ2n) is 8.01. The molecule has 2 aliphatic heterocycles. The Morgan fingerprint density at radius 2 is 2.10 bits per heavy atom. The fourth-order valence-corrected chi connectivity index (χ4v) is 4.72. The molecule has 1 saturated carbocycles. The van der Waals surface area contributed by atoms with E-state index in [2.05, 4.69) is 10.3 Å². The average Bonchev–Trinajstić information content (AvgIpc) is 3.00. The van der Waals surface area contributed by atoms with E-state index >= 15 is 0 Å². The summed E-state index contributed by atoms with van der Waals surface area (Å²) in [5, 5.41) is 12.2. The molecule has 0 bridgehead atoms. The van der Waals surface area contributed by atoms with Gasteiger partial charge in [0, 0.05) is 11.3 Å². The molecular weight excluding hydrogens is 372 g/mol. The van der Waals surface area contributed by atoms with Crippen LogP contribution in [0.25, 0.3) is 0 Å². The number of carboxylic acid groups (broad SMARTS) is 1. The quantitative estimate of drug-likeness (QED) is 0.829. The first kappa shape index (κ1) is 18.0. The standard InChI is InChI=1S/C22H22N2O5/c25-20(26)14-3-4-18-17(11-14)22(21(27)24-18)7-5-15(6-8-22)29-16-10-13-2-1-9-28-19(13)23-12-16/h3-4,10-12,15H,1-2,5-9H2,(H,24,27)(H,25,26)/t15-,22-. The van der Waals surface area contributed by atoms with Crippen LogP contribution < -0.4 is 14.8 Å². The highest BCUT2D eigenvalue weighted by molar-refractivity contribution is 6.07. The molecule has 0 radical (unpaired) electrons. The highest BCUT2D eigenvalue weighted by atomic mass is 16.5. The summed E-state index contributed by atoms with van der Waals surface area (Å²) < 4.78 is 11.7. The maximum absolute atomic E-state index is 12.8. The second kappa shape index (κ2) is 6.76. The summed E-state index contributed by atoms with van der Waals surface area (Å²) in [5.74, 6) is 0.406. The molecule has 1 aromatic carbocycles. The number of amides is 1. The Bertz CT molecular complexity index is 995. The topological polar surface area (TPSA) is 97.8 Å². The van der Waals surface area contributed by atoms with Crippen molar-refractivity contribution >= 4 is 17.6 Å². The van der Waals surface area contributed by atoms with Gasteiger partial charge in [-0.2, -0.15) is 0 Å². The lowest BCUT2D eigenvalue weighted by Crippen LogP contribution is -2.41. The van der Waals surface area contributed by atoms with Gasteiger partial charge in [-0.25, -0.2) is 9.78 Å². The first-order chi connectivity index (χ1) is 14.0. The third-order valence-corrected chi connectivity index (χ3v) is 6.28. The van der Waals surface area contributed by atoms with Gasteiger partial charge in [0.1, 0.15) is 5.75 Å². The van der Waals surface area contributed by atoms with Crippen LogP contribution in [0.15, 0.2) is 30.5 Å². The van der Waals surface area contributed by atoms with Crippen LogP contribution in [-0.2, 0) is 16.6 Å². The van der Waals surface area contributed by atoms with E-state index in [1.54, 1.807) is 18.3 Å². The van der Waals surface area contributed by atoms with Crippen molar-refractivity contribution in [1.29, 1.82) is 0 Å². The normalized spacial score (nSPS) is 25.0. The number of anilines is 1. The molecule has 2 N–H and O–H groups in total. The molecule has 1 amide bonds. The number of aryl methyl sites for hydroxylation is 1. The predicted octanol–water partition coefficient (Wildman–Crippen LogP) is 3.32. The van der Waals surface area contributed by atoms with Crippen LogP contribution in [0.4, 0.5) is 5.69 Å². The summed E-state index contributed by atoms with van der Waals surface area (Å²) in [5.41, 5.74) is 2.14. The Morgan fingerprint density at radius 3 is 2.90 bits per heavy atom. The molecule has 1 fully saturated rings. The van der Waals surface area contributed by atoms with Gasteiger partial charge in [-0.3, -0.25) is 4.79 Å². The van der Waals surface area contributed by atoms with Crippen LogP contribution in [0.3, 0.4) is 0 Å². The van der Waals surface area contributed by atoms with E-state index in [4.69, 9.17) is 9.47 Å². The number of nitrogens with zero attached hydrogens (tertiary/aromatic N) is 1. The second-order valence-corrected chi connectivity index (χ2v) is 8.01. The van der Waals surface area contributed by atoms with Gasteiger partial charge in [0.05, 0.1) is 29.9 Å². The molecule has 29 heavy (non-hydrogen) atoms. The fraction of sp³-hybridized carbons (Fsp3) is 0.409. The Kier molecular flexibility index (Phi) is 4.19. The minimum Gasteiger partial charge on any atom is -0.489 e. The molecule has 2 aromatic rings. The zero-order valence-corrected chi connectivity index (χ0v) is 15.9. The minimum absolute atomic E-state index is 0.00416. The van der Waals surface area contributed by atoms with Crippen molar-refractivity contribution in [2.45, 2.75) is 50.0 Å². The van der Waals surface area contributed by atoms with Crippen LogP contribution in [0.5, 0.6) is 11.6 Å². The van der Waals surface area contributed by atoms with Gasteiger partial charge in [0.25, 0.3) is 0 Å². The Morgan fingerprint density at radius 1 is 1.28 bits per heavy atom. The zero-order valence-electron chi connectivity index (χ0n) is 15.9. The summed E-state index contributed by atoms with van der Waals surface area (Å²) in [6.45, 7) is 0.706. The summed E-state index contributed by atoms with van der Waals surface area (Å²) in [6.07, 6.45) is 6.32. The number of carbonyl (C=O) groups is 2. The van der Waals surface area contributed by atoms with E-state index < -0.39 is 11.4 Å².